The molecule has 1 heterocycles. The summed E-state index contributed by atoms with van der Waals surface area (Å²) in [6, 6.07) is 8.74. The number of halogens is 1. The molecule has 4 nitrogen and oxygen atoms in total. The van der Waals surface area contributed by atoms with Crippen molar-refractivity contribution in [3.8, 4) is 0 Å². The summed E-state index contributed by atoms with van der Waals surface area (Å²) in [6.07, 6.45) is 7.95. The average Bonchev–Trinajstić information content (AvgIpc) is 2.73. The number of hydrogen-bond donors (Lipinski definition) is 2. The van der Waals surface area contributed by atoms with E-state index in [9.17, 15) is 9.50 Å². The third kappa shape index (κ3) is 4.42. The summed E-state index contributed by atoms with van der Waals surface area (Å²) in [4.78, 5) is 2.32. The number of nitrogens with one attached hydrogen (secondary N) is 1. The molecule has 146 valence electrons. The van der Waals surface area contributed by atoms with E-state index in [0.717, 1.165) is 24.4 Å². The number of allylic oxidation sites excluding steroid dienone is 1. The highest BCUT2D eigenvalue weighted by atomic mass is 19.1. The second kappa shape index (κ2) is 9.20. The molecule has 5 heteroatoms. The lowest BCUT2D eigenvalue weighted by Gasteiger charge is -2.32. The number of ether oxygens (including phenoxy) is 1. The number of anilines is 1. The lowest BCUT2D eigenvalue weighted by atomic mass is 9.92. The van der Waals surface area contributed by atoms with Crippen LogP contribution in [-0.4, -0.2) is 43.7 Å². The van der Waals surface area contributed by atoms with Crippen LogP contribution in [0.25, 0.3) is 0 Å². The number of aliphatic hydroxyl groups is 1. The third-order valence-electron chi connectivity index (χ3n) is 5.19. The van der Waals surface area contributed by atoms with Crippen molar-refractivity contribution in [2.45, 2.75) is 38.5 Å². The highest BCUT2D eigenvalue weighted by Crippen LogP contribution is 2.31. The molecule has 0 aromatic heterocycles. The van der Waals surface area contributed by atoms with Crippen LogP contribution in [0, 0.1) is 0 Å². The average molecular weight is 372 g/mol. The van der Waals surface area contributed by atoms with Crippen molar-refractivity contribution in [1.82, 2.24) is 5.32 Å². The Bertz CT molecular complexity index is 704. The Morgan fingerprint density at radius 2 is 1.96 bits per heavy atom. The van der Waals surface area contributed by atoms with Gasteiger partial charge >= 0.3 is 0 Å². The lowest BCUT2D eigenvalue weighted by Crippen LogP contribution is -2.33. The molecule has 3 rings (SSSR count). The maximum atomic E-state index is 12.9. The van der Waals surface area contributed by atoms with Crippen molar-refractivity contribution in [2.75, 3.05) is 31.3 Å². The Balaban J connectivity index is 1.72. The number of nitrogens with zero attached hydrogens (tertiary/aromatic N) is 1. The molecule has 0 bridgehead atoms. The van der Waals surface area contributed by atoms with Crippen LogP contribution >= 0.6 is 0 Å². The molecule has 1 aliphatic carbocycles. The molecule has 1 aliphatic heterocycles. The molecule has 0 saturated heterocycles. The molecule has 2 aliphatic rings. The van der Waals surface area contributed by atoms with Gasteiger partial charge in [-0.15, -0.1) is 0 Å². The van der Waals surface area contributed by atoms with Crippen molar-refractivity contribution in [1.29, 1.82) is 0 Å². The molecule has 0 radical (unpaired) electrons. The fourth-order valence-electron chi connectivity index (χ4n) is 3.62. The normalized spacial score (nSPS) is 22.4. The van der Waals surface area contributed by atoms with Crippen molar-refractivity contribution < 1.29 is 14.2 Å². The molecule has 0 saturated carbocycles. The first-order valence-electron chi connectivity index (χ1n) is 9.72. The quantitative estimate of drug-likeness (QED) is 0.731. The van der Waals surface area contributed by atoms with Gasteiger partial charge in [0.25, 0.3) is 0 Å². The summed E-state index contributed by atoms with van der Waals surface area (Å²) in [5.74, 6) is 0. The molecule has 1 aromatic rings. The molecule has 2 unspecified atom stereocenters. The minimum Gasteiger partial charge on any atom is -0.394 e. The van der Waals surface area contributed by atoms with E-state index in [1.807, 2.05) is 6.08 Å². The zero-order valence-corrected chi connectivity index (χ0v) is 16.1. The standard InChI is InChI=1S/C22H29FN2O2/c1-3-25(4-2)17-10-8-16(9-11-17)20-13-12-19-21(24-20)6-5-7-22(19)27-18(14-23)15-26/h5-6,8-13,18,20,22,24,26H,3-4,7,14-15H2,1-2H3/t18?,20-,22?/m0/s1. The Morgan fingerprint density at radius 3 is 2.59 bits per heavy atom. The second-order valence-electron chi connectivity index (χ2n) is 6.84. The number of dihydropyridines is 1. The summed E-state index contributed by atoms with van der Waals surface area (Å²) in [7, 11) is 0. The Hall–Kier alpha value is -2.11. The lowest BCUT2D eigenvalue weighted by molar-refractivity contribution is -0.0330. The van der Waals surface area contributed by atoms with Crippen LogP contribution in [0.15, 0.2) is 59.8 Å². The van der Waals surface area contributed by atoms with Crippen molar-refractivity contribution in [3.63, 3.8) is 0 Å². The minimum atomic E-state index is -0.769. The maximum absolute atomic E-state index is 12.9. The monoisotopic (exact) mass is 372 g/mol. The van der Waals surface area contributed by atoms with Crippen LogP contribution < -0.4 is 10.2 Å². The highest BCUT2D eigenvalue weighted by Gasteiger charge is 2.26. The largest absolute Gasteiger partial charge is 0.394 e. The van der Waals surface area contributed by atoms with Crippen LogP contribution in [0.3, 0.4) is 0 Å². The Morgan fingerprint density at radius 1 is 1.22 bits per heavy atom. The Kier molecular flexibility index (Phi) is 6.69. The van der Waals surface area contributed by atoms with E-state index in [1.165, 1.54) is 11.3 Å². The predicted molar refractivity (Wildman–Crippen MR) is 108 cm³/mol. The first kappa shape index (κ1) is 19.6. The van der Waals surface area contributed by atoms with Crippen LogP contribution in [0.4, 0.5) is 10.1 Å². The molecule has 2 N–H and O–H groups in total. The zero-order chi connectivity index (χ0) is 19.2. The summed E-state index contributed by atoms with van der Waals surface area (Å²) in [5.41, 5.74) is 4.44. The van der Waals surface area contributed by atoms with Crippen LogP contribution in [0.2, 0.25) is 0 Å². The van der Waals surface area contributed by atoms with E-state index in [4.69, 9.17) is 4.74 Å². The van der Waals surface area contributed by atoms with Crippen molar-refractivity contribution in [3.05, 3.63) is 65.4 Å². The van der Waals surface area contributed by atoms with E-state index in [1.54, 1.807) is 0 Å². The van der Waals surface area contributed by atoms with Gasteiger partial charge in [-0.2, -0.15) is 0 Å². The van der Waals surface area contributed by atoms with Gasteiger partial charge in [-0.05, 0) is 44.0 Å². The summed E-state index contributed by atoms with van der Waals surface area (Å²) < 4.78 is 18.6. The van der Waals surface area contributed by atoms with Gasteiger partial charge in [-0.1, -0.05) is 30.4 Å². The zero-order valence-electron chi connectivity index (χ0n) is 16.1. The molecule has 0 amide bonds. The van der Waals surface area contributed by atoms with Gasteiger partial charge < -0.3 is 20.1 Å². The fourth-order valence-corrected chi connectivity index (χ4v) is 3.62. The van der Waals surface area contributed by atoms with Crippen molar-refractivity contribution >= 4 is 5.69 Å². The molecule has 0 spiro atoms. The second-order valence-corrected chi connectivity index (χ2v) is 6.84. The van der Waals surface area contributed by atoms with E-state index in [0.29, 0.717) is 6.42 Å². The van der Waals surface area contributed by atoms with E-state index < -0.39 is 12.8 Å². The molecule has 3 atom stereocenters. The maximum Gasteiger partial charge on any atom is 0.118 e. The number of alkyl halides is 1. The number of rotatable bonds is 8. The summed E-state index contributed by atoms with van der Waals surface area (Å²) >= 11 is 0. The van der Waals surface area contributed by atoms with Crippen molar-refractivity contribution in [2.24, 2.45) is 0 Å². The molecular weight excluding hydrogens is 343 g/mol. The van der Waals surface area contributed by atoms with Gasteiger partial charge in [0.1, 0.15) is 12.8 Å². The highest BCUT2D eigenvalue weighted by molar-refractivity contribution is 5.50. The third-order valence-corrected chi connectivity index (χ3v) is 5.19. The van der Waals surface area contributed by atoms with Crippen LogP contribution in [-0.2, 0) is 4.74 Å². The first-order chi connectivity index (χ1) is 13.2. The first-order valence-corrected chi connectivity index (χ1v) is 9.72. The predicted octanol–water partition coefficient (Wildman–Crippen LogP) is 3.66. The molecule has 27 heavy (non-hydrogen) atoms. The molecular formula is C22H29FN2O2. The smallest absolute Gasteiger partial charge is 0.118 e. The van der Waals surface area contributed by atoms with Gasteiger partial charge in [-0.3, -0.25) is 0 Å². The minimum absolute atomic E-state index is 0.0905. The Labute approximate surface area is 161 Å². The number of benzene rings is 1. The number of aliphatic hydroxyl groups excluding tert-OH is 1. The molecule has 1 aromatic carbocycles. The van der Waals surface area contributed by atoms with Gasteiger partial charge in [0.15, 0.2) is 0 Å². The van der Waals surface area contributed by atoms with Gasteiger partial charge in [0.2, 0.25) is 0 Å². The number of hydrogen-bond acceptors (Lipinski definition) is 4. The van der Waals surface area contributed by atoms with E-state index in [-0.39, 0.29) is 18.8 Å². The van der Waals surface area contributed by atoms with Gasteiger partial charge in [-0.25, -0.2) is 4.39 Å². The van der Waals surface area contributed by atoms with Gasteiger partial charge in [0.05, 0.1) is 18.8 Å². The van der Waals surface area contributed by atoms with E-state index in [2.05, 4.69) is 66.6 Å². The molecule has 0 fully saturated rings. The van der Waals surface area contributed by atoms with Crippen LogP contribution in [0.1, 0.15) is 31.9 Å². The van der Waals surface area contributed by atoms with Gasteiger partial charge in [0, 0.05) is 30.0 Å². The topological polar surface area (TPSA) is 44.7 Å². The summed E-state index contributed by atoms with van der Waals surface area (Å²) in [6.45, 7) is 5.32. The fraction of sp³-hybridized carbons (Fsp3) is 0.455. The SMILES string of the molecule is CCN(CC)c1ccc([C@@H]2C=CC3=C(C=CCC3OC(CO)CF)N2)cc1. The summed E-state index contributed by atoms with van der Waals surface area (Å²) in [5, 5.41) is 12.7. The van der Waals surface area contributed by atoms with E-state index >= 15 is 0 Å². The van der Waals surface area contributed by atoms with Crippen LogP contribution in [0.5, 0.6) is 0 Å².